The van der Waals surface area contributed by atoms with Crippen LogP contribution in [0.4, 0.5) is 4.39 Å². The van der Waals surface area contributed by atoms with Crippen molar-refractivity contribution in [2.45, 2.75) is 32.6 Å². The maximum atomic E-state index is 13.9. The van der Waals surface area contributed by atoms with Gasteiger partial charge in [0.05, 0.1) is 22.4 Å². The van der Waals surface area contributed by atoms with Crippen LogP contribution in [0.2, 0.25) is 0 Å². The fourth-order valence-corrected chi connectivity index (χ4v) is 5.30. The lowest BCUT2D eigenvalue weighted by atomic mass is 10.0. The molecule has 0 unspecified atom stereocenters. The molecule has 7 nitrogen and oxygen atoms in total. The number of aromatic amines is 2. The smallest absolute Gasteiger partial charge is 0.161 e. The number of benzene rings is 1. The minimum Gasteiger partial charge on any atom is -0.359 e. The van der Waals surface area contributed by atoms with Crippen LogP contribution in [-0.4, -0.2) is 30.1 Å². The summed E-state index contributed by atoms with van der Waals surface area (Å²) >= 11 is 0. The molecule has 1 saturated carbocycles. The largest absolute Gasteiger partial charge is 0.359 e. The maximum absolute atomic E-state index is 13.9. The molecule has 6 rings (SSSR count). The van der Waals surface area contributed by atoms with Crippen LogP contribution in [0.1, 0.15) is 38.3 Å². The molecule has 1 aliphatic carbocycles. The standard InChI is InChI=1S/C32H30FN7/c1-4-20(18-24(5-2)35-19(3)21-9-6-7-10-21)25-13-14-27-30(36-25)31(40-39-27)32-37-26-15-16-34-28(29(26)38-32)22-11-8-12-23(33)17-22/h4-5,8,11-18,21,35H,2-3,6-7,9-10H2,1H3,(H,37,38)(H,39,40)/b20-4+,24-18+. The van der Waals surface area contributed by atoms with Gasteiger partial charge in [0.15, 0.2) is 11.5 Å². The first-order valence-corrected chi connectivity index (χ1v) is 13.5. The van der Waals surface area contributed by atoms with E-state index in [1.54, 1.807) is 12.3 Å². The highest BCUT2D eigenvalue weighted by Crippen LogP contribution is 2.32. The van der Waals surface area contributed by atoms with E-state index in [9.17, 15) is 4.39 Å². The van der Waals surface area contributed by atoms with Gasteiger partial charge in [0, 0.05) is 23.2 Å². The van der Waals surface area contributed by atoms with Crippen LogP contribution in [0.15, 0.2) is 91.4 Å². The Hall–Kier alpha value is -4.85. The van der Waals surface area contributed by atoms with Gasteiger partial charge in [-0.3, -0.25) is 10.1 Å². The van der Waals surface area contributed by atoms with E-state index in [1.165, 1.54) is 37.8 Å². The number of imidazole rings is 1. The number of rotatable bonds is 8. The van der Waals surface area contributed by atoms with Crippen molar-refractivity contribution in [2.75, 3.05) is 0 Å². The van der Waals surface area contributed by atoms with Crippen molar-refractivity contribution in [1.29, 1.82) is 0 Å². The Kier molecular flexibility index (Phi) is 6.82. The summed E-state index contributed by atoms with van der Waals surface area (Å²) in [6.07, 6.45) is 12.4. The average molecular weight is 532 g/mol. The van der Waals surface area contributed by atoms with E-state index in [2.05, 4.69) is 38.6 Å². The summed E-state index contributed by atoms with van der Waals surface area (Å²) in [6.45, 7) is 10.3. The van der Waals surface area contributed by atoms with Gasteiger partial charge in [-0.1, -0.05) is 44.2 Å². The minimum absolute atomic E-state index is 0.325. The number of nitrogens with one attached hydrogen (secondary N) is 3. The molecule has 5 aromatic rings. The summed E-state index contributed by atoms with van der Waals surface area (Å²) < 4.78 is 13.9. The molecule has 40 heavy (non-hydrogen) atoms. The molecule has 1 aliphatic rings. The molecule has 8 heteroatoms. The van der Waals surface area contributed by atoms with E-state index < -0.39 is 0 Å². The quantitative estimate of drug-likeness (QED) is 0.181. The molecular weight excluding hydrogens is 501 g/mol. The Morgan fingerprint density at radius 2 is 1.88 bits per heavy atom. The number of hydrogen-bond acceptors (Lipinski definition) is 5. The molecule has 3 N–H and O–H groups in total. The van der Waals surface area contributed by atoms with Gasteiger partial charge in [-0.25, -0.2) is 14.4 Å². The highest BCUT2D eigenvalue weighted by molar-refractivity contribution is 5.95. The van der Waals surface area contributed by atoms with E-state index >= 15 is 0 Å². The normalized spacial score (nSPS) is 14.8. The molecule has 1 aromatic carbocycles. The van der Waals surface area contributed by atoms with Crippen molar-refractivity contribution in [3.63, 3.8) is 0 Å². The topological polar surface area (TPSA) is 95.2 Å². The highest BCUT2D eigenvalue weighted by Gasteiger charge is 2.19. The number of fused-ring (bicyclic) bond motifs is 2. The van der Waals surface area contributed by atoms with Gasteiger partial charge in [-0.05, 0) is 73.7 Å². The molecule has 0 bridgehead atoms. The van der Waals surface area contributed by atoms with Gasteiger partial charge in [0.2, 0.25) is 0 Å². The summed E-state index contributed by atoms with van der Waals surface area (Å²) in [4.78, 5) is 17.6. The summed E-state index contributed by atoms with van der Waals surface area (Å²) in [5.41, 5.74) is 8.39. The van der Waals surface area contributed by atoms with Crippen LogP contribution in [0.25, 0.3) is 50.4 Å². The van der Waals surface area contributed by atoms with E-state index in [0.29, 0.717) is 39.7 Å². The van der Waals surface area contributed by atoms with Crippen molar-refractivity contribution >= 4 is 27.6 Å². The first-order valence-electron chi connectivity index (χ1n) is 13.5. The van der Waals surface area contributed by atoms with Crippen LogP contribution in [-0.2, 0) is 0 Å². The van der Waals surface area contributed by atoms with Crippen molar-refractivity contribution in [1.82, 2.24) is 35.5 Å². The first kappa shape index (κ1) is 25.4. The van der Waals surface area contributed by atoms with E-state index in [0.717, 1.165) is 33.7 Å². The van der Waals surface area contributed by atoms with Gasteiger partial charge >= 0.3 is 0 Å². The lowest BCUT2D eigenvalue weighted by Gasteiger charge is -2.16. The second-order valence-corrected chi connectivity index (χ2v) is 10.00. The summed E-state index contributed by atoms with van der Waals surface area (Å²) in [5.74, 6) is 0.727. The van der Waals surface area contributed by atoms with Crippen LogP contribution in [0.3, 0.4) is 0 Å². The predicted octanol–water partition coefficient (Wildman–Crippen LogP) is 7.47. The molecule has 4 aromatic heterocycles. The van der Waals surface area contributed by atoms with Gasteiger partial charge in [-0.15, -0.1) is 0 Å². The predicted molar refractivity (Wildman–Crippen MR) is 158 cm³/mol. The summed E-state index contributed by atoms with van der Waals surface area (Å²) in [6, 6.07) is 12.1. The average Bonchev–Trinajstić information content (AvgIpc) is 3.74. The van der Waals surface area contributed by atoms with Crippen molar-refractivity contribution < 1.29 is 4.39 Å². The number of H-pyrrole nitrogens is 2. The molecule has 4 heterocycles. The van der Waals surface area contributed by atoms with Gasteiger partial charge in [-0.2, -0.15) is 5.10 Å². The van der Waals surface area contributed by atoms with Gasteiger partial charge in [0.25, 0.3) is 0 Å². The summed E-state index contributed by atoms with van der Waals surface area (Å²) in [5, 5.41) is 11.1. The Morgan fingerprint density at radius 3 is 2.65 bits per heavy atom. The van der Waals surface area contributed by atoms with Crippen LogP contribution in [0, 0.1) is 11.7 Å². The van der Waals surface area contributed by atoms with E-state index in [4.69, 9.17) is 9.97 Å². The molecule has 0 atom stereocenters. The maximum Gasteiger partial charge on any atom is 0.161 e. The number of halogens is 1. The van der Waals surface area contributed by atoms with Gasteiger partial charge in [0.1, 0.15) is 16.9 Å². The molecule has 0 radical (unpaired) electrons. The third-order valence-corrected chi connectivity index (χ3v) is 7.42. The molecule has 0 spiro atoms. The molecule has 200 valence electrons. The number of aromatic nitrogens is 6. The second-order valence-electron chi connectivity index (χ2n) is 10.00. The van der Waals surface area contributed by atoms with Crippen molar-refractivity contribution in [3.8, 4) is 22.8 Å². The number of allylic oxidation sites excluding steroid dienone is 5. The van der Waals surface area contributed by atoms with Crippen molar-refractivity contribution in [3.05, 3.63) is 103 Å². The fraction of sp³-hybridized carbons (Fsp3) is 0.188. The third kappa shape index (κ3) is 4.84. The zero-order valence-corrected chi connectivity index (χ0v) is 22.3. The Morgan fingerprint density at radius 1 is 1.05 bits per heavy atom. The van der Waals surface area contributed by atoms with Gasteiger partial charge < -0.3 is 10.3 Å². The van der Waals surface area contributed by atoms with Crippen LogP contribution in [0.5, 0.6) is 0 Å². The number of nitrogens with zero attached hydrogens (tertiary/aromatic N) is 4. The summed E-state index contributed by atoms with van der Waals surface area (Å²) in [7, 11) is 0. The molecule has 0 amide bonds. The van der Waals surface area contributed by atoms with Crippen molar-refractivity contribution in [2.24, 2.45) is 5.92 Å². The molecule has 0 saturated heterocycles. The fourth-order valence-electron chi connectivity index (χ4n) is 5.30. The van der Waals surface area contributed by atoms with E-state index in [-0.39, 0.29) is 5.82 Å². The first-order chi connectivity index (χ1) is 19.5. The second kappa shape index (κ2) is 10.7. The molecule has 1 fully saturated rings. The Bertz CT molecular complexity index is 1800. The number of hydrogen-bond donors (Lipinski definition) is 3. The zero-order valence-electron chi connectivity index (χ0n) is 22.3. The zero-order chi connectivity index (χ0) is 27.6. The van der Waals surface area contributed by atoms with Crippen LogP contribution >= 0.6 is 0 Å². The van der Waals surface area contributed by atoms with E-state index in [1.807, 2.05) is 49.4 Å². The molecular formula is C32H30FN7. The number of pyridine rings is 2. The Labute approximate surface area is 231 Å². The Balaban J connectivity index is 1.36. The lowest BCUT2D eigenvalue weighted by Crippen LogP contribution is -2.16. The van der Waals surface area contributed by atoms with Crippen LogP contribution < -0.4 is 5.32 Å². The highest BCUT2D eigenvalue weighted by atomic mass is 19.1. The monoisotopic (exact) mass is 531 g/mol. The minimum atomic E-state index is -0.325. The third-order valence-electron chi connectivity index (χ3n) is 7.42. The SMILES string of the molecule is C=C/C(=C\C(=C/C)c1ccc2[nH]nc(-c3nc4c(-c5cccc(F)c5)nccc4[nH]3)c2n1)NC(=C)C1CCCC1. The molecule has 0 aliphatic heterocycles. The lowest BCUT2D eigenvalue weighted by molar-refractivity contribution is 0.607.